The zero-order valence-electron chi connectivity index (χ0n) is 15.2. The van der Waals surface area contributed by atoms with Crippen molar-refractivity contribution in [3.05, 3.63) is 35.4 Å². The third-order valence-electron chi connectivity index (χ3n) is 5.38. The Morgan fingerprint density at radius 2 is 1.81 bits per heavy atom. The van der Waals surface area contributed by atoms with Crippen molar-refractivity contribution in [2.24, 2.45) is 0 Å². The normalized spacial score (nSPS) is 21.1. The first-order chi connectivity index (χ1) is 12.6. The van der Waals surface area contributed by atoms with Crippen LogP contribution in [0.3, 0.4) is 0 Å². The van der Waals surface area contributed by atoms with Crippen LogP contribution in [0.15, 0.2) is 24.3 Å². The van der Waals surface area contributed by atoms with E-state index in [0.717, 1.165) is 43.8 Å². The van der Waals surface area contributed by atoms with Crippen LogP contribution >= 0.6 is 11.8 Å². The fraction of sp³-hybridized carbons (Fsp3) is 0.600. The smallest absolute Gasteiger partial charge is 0.335 e. The molecule has 5 nitrogen and oxygen atoms in total. The maximum absolute atomic E-state index is 12.5. The fourth-order valence-corrected chi connectivity index (χ4v) is 4.71. The van der Waals surface area contributed by atoms with Crippen LogP contribution in [-0.4, -0.2) is 71.0 Å². The molecule has 2 aliphatic heterocycles. The van der Waals surface area contributed by atoms with Crippen molar-refractivity contribution in [3.8, 4) is 0 Å². The predicted molar refractivity (Wildman–Crippen MR) is 105 cm³/mol. The molecule has 0 unspecified atom stereocenters. The van der Waals surface area contributed by atoms with E-state index in [1.54, 1.807) is 23.9 Å². The highest BCUT2D eigenvalue weighted by atomic mass is 32.2. The van der Waals surface area contributed by atoms with E-state index >= 15 is 0 Å². The van der Waals surface area contributed by atoms with Crippen molar-refractivity contribution in [2.45, 2.75) is 31.6 Å². The van der Waals surface area contributed by atoms with Gasteiger partial charge in [0.1, 0.15) is 0 Å². The minimum absolute atomic E-state index is 0.239. The second-order valence-corrected chi connectivity index (χ2v) is 8.31. The lowest BCUT2D eigenvalue weighted by Gasteiger charge is -2.33. The summed E-state index contributed by atoms with van der Waals surface area (Å²) >= 11 is 1.75. The highest BCUT2D eigenvalue weighted by Gasteiger charge is 2.24. The first kappa shape index (κ1) is 19.2. The topological polar surface area (TPSA) is 60.9 Å². The van der Waals surface area contributed by atoms with Crippen LogP contribution in [0.4, 0.5) is 0 Å². The standard InChI is InChI=1S/C20H28N2O3S/c23-19(15-26-13-12-21-9-1-2-10-21)22-11-3-4-18(14-22)16-5-7-17(8-6-16)20(24)25/h5-8,18H,1-4,9-15H2,(H,24,25)/t18-/m1/s1. The first-order valence-electron chi connectivity index (χ1n) is 9.54. The Hall–Kier alpha value is -1.53. The molecule has 1 aromatic carbocycles. The number of rotatable bonds is 7. The summed E-state index contributed by atoms with van der Waals surface area (Å²) in [5.74, 6) is 1.24. The SMILES string of the molecule is O=C(O)c1ccc([C@@H]2CCCN(C(=O)CSCCN3CCCC3)C2)cc1. The van der Waals surface area contributed by atoms with E-state index in [0.29, 0.717) is 17.2 Å². The summed E-state index contributed by atoms with van der Waals surface area (Å²) in [6, 6.07) is 7.11. The monoisotopic (exact) mass is 376 g/mol. The molecular weight excluding hydrogens is 348 g/mol. The molecule has 0 spiro atoms. The molecule has 1 N–H and O–H groups in total. The van der Waals surface area contributed by atoms with Gasteiger partial charge in [-0.15, -0.1) is 0 Å². The minimum atomic E-state index is -0.900. The van der Waals surface area contributed by atoms with Crippen molar-refractivity contribution < 1.29 is 14.7 Å². The van der Waals surface area contributed by atoms with Gasteiger partial charge in [0.2, 0.25) is 5.91 Å². The lowest BCUT2D eigenvalue weighted by Crippen LogP contribution is -2.40. The zero-order valence-corrected chi connectivity index (χ0v) is 16.0. The third kappa shape index (κ3) is 5.24. The molecule has 26 heavy (non-hydrogen) atoms. The summed E-state index contributed by atoms with van der Waals surface area (Å²) in [5, 5.41) is 9.01. The lowest BCUT2D eigenvalue weighted by molar-refractivity contribution is -0.129. The maximum Gasteiger partial charge on any atom is 0.335 e. The molecular formula is C20H28N2O3S. The van der Waals surface area contributed by atoms with Crippen molar-refractivity contribution >= 4 is 23.6 Å². The van der Waals surface area contributed by atoms with E-state index in [-0.39, 0.29) is 5.91 Å². The molecule has 0 aromatic heterocycles. The molecule has 0 aliphatic carbocycles. The zero-order chi connectivity index (χ0) is 18.4. The van der Waals surface area contributed by atoms with Gasteiger partial charge in [0.15, 0.2) is 0 Å². The van der Waals surface area contributed by atoms with E-state index in [1.165, 1.54) is 25.9 Å². The molecule has 2 fully saturated rings. The number of nitrogens with zero attached hydrogens (tertiary/aromatic N) is 2. The van der Waals surface area contributed by atoms with E-state index in [1.807, 2.05) is 17.0 Å². The van der Waals surface area contributed by atoms with Gasteiger partial charge in [-0.3, -0.25) is 4.79 Å². The first-order valence-corrected chi connectivity index (χ1v) is 10.7. The van der Waals surface area contributed by atoms with E-state index in [4.69, 9.17) is 5.11 Å². The Morgan fingerprint density at radius 3 is 2.50 bits per heavy atom. The number of hydrogen-bond donors (Lipinski definition) is 1. The van der Waals surface area contributed by atoms with Gasteiger partial charge in [0.25, 0.3) is 0 Å². The van der Waals surface area contributed by atoms with E-state index in [2.05, 4.69) is 4.90 Å². The molecule has 3 rings (SSSR count). The van der Waals surface area contributed by atoms with Crippen LogP contribution in [0.25, 0.3) is 0 Å². The summed E-state index contributed by atoms with van der Waals surface area (Å²) in [7, 11) is 0. The van der Waals surface area contributed by atoms with E-state index < -0.39 is 5.97 Å². The predicted octanol–water partition coefficient (Wildman–Crippen LogP) is 2.92. The van der Waals surface area contributed by atoms with Gasteiger partial charge >= 0.3 is 5.97 Å². The van der Waals surface area contributed by atoms with Crippen LogP contribution in [0.1, 0.15) is 47.5 Å². The quantitative estimate of drug-likeness (QED) is 0.742. The number of thioether (sulfide) groups is 1. The molecule has 1 atom stereocenters. The molecule has 0 bridgehead atoms. The number of hydrogen-bond acceptors (Lipinski definition) is 4. The van der Waals surface area contributed by atoms with Crippen molar-refractivity contribution in [3.63, 3.8) is 0 Å². The van der Waals surface area contributed by atoms with E-state index in [9.17, 15) is 9.59 Å². The van der Waals surface area contributed by atoms with Gasteiger partial charge in [-0.2, -0.15) is 11.8 Å². The Balaban J connectivity index is 1.44. The number of aromatic carboxylic acids is 1. The average molecular weight is 377 g/mol. The summed E-state index contributed by atoms with van der Waals surface area (Å²) < 4.78 is 0. The summed E-state index contributed by atoms with van der Waals surface area (Å²) in [6.07, 6.45) is 4.69. The number of amides is 1. The number of benzene rings is 1. The number of carboxylic acid groups (broad SMARTS) is 1. The van der Waals surface area contributed by atoms with Gasteiger partial charge in [-0.1, -0.05) is 12.1 Å². The van der Waals surface area contributed by atoms with Crippen molar-refractivity contribution in [2.75, 3.05) is 44.2 Å². The average Bonchev–Trinajstić information content (AvgIpc) is 3.19. The van der Waals surface area contributed by atoms with Gasteiger partial charge in [-0.25, -0.2) is 4.79 Å². The Morgan fingerprint density at radius 1 is 1.08 bits per heavy atom. The Kier molecular flexibility index (Phi) is 6.97. The lowest BCUT2D eigenvalue weighted by atomic mass is 9.90. The van der Waals surface area contributed by atoms with Gasteiger partial charge in [0.05, 0.1) is 11.3 Å². The summed E-state index contributed by atoms with van der Waals surface area (Å²) in [6.45, 7) is 5.11. The van der Waals surface area contributed by atoms with Crippen LogP contribution < -0.4 is 0 Å². The third-order valence-corrected chi connectivity index (χ3v) is 6.30. The molecule has 142 valence electrons. The second-order valence-electron chi connectivity index (χ2n) is 7.21. The second kappa shape index (κ2) is 9.42. The molecule has 6 heteroatoms. The fourth-order valence-electron chi connectivity index (χ4n) is 3.82. The molecule has 0 radical (unpaired) electrons. The largest absolute Gasteiger partial charge is 0.478 e. The van der Waals surface area contributed by atoms with Gasteiger partial charge in [0, 0.05) is 31.3 Å². The van der Waals surface area contributed by atoms with Crippen LogP contribution in [-0.2, 0) is 4.79 Å². The number of piperidine rings is 1. The molecule has 1 amide bonds. The molecule has 2 heterocycles. The van der Waals surface area contributed by atoms with Crippen LogP contribution in [0.5, 0.6) is 0 Å². The van der Waals surface area contributed by atoms with Gasteiger partial charge < -0.3 is 14.9 Å². The molecule has 2 aliphatic rings. The minimum Gasteiger partial charge on any atom is -0.478 e. The Labute approximate surface area is 159 Å². The maximum atomic E-state index is 12.5. The summed E-state index contributed by atoms with van der Waals surface area (Å²) in [4.78, 5) is 28.0. The molecule has 2 saturated heterocycles. The van der Waals surface area contributed by atoms with Crippen molar-refractivity contribution in [1.82, 2.24) is 9.80 Å². The highest BCUT2D eigenvalue weighted by molar-refractivity contribution is 7.99. The molecule has 0 saturated carbocycles. The van der Waals surface area contributed by atoms with Crippen LogP contribution in [0, 0.1) is 0 Å². The van der Waals surface area contributed by atoms with Crippen LogP contribution in [0.2, 0.25) is 0 Å². The number of carbonyl (C=O) groups is 2. The van der Waals surface area contributed by atoms with Crippen molar-refractivity contribution in [1.29, 1.82) is 0 Å². The summed E-state index contributed by atoms with van der Waals surface area (Å²) in [5.41, 5.74) is 1.45. The number of carbonyl (C=O) groups excluding carboxylic acids is 1. The van der Waals surface area contributed by atoms with Gasteiger partial charge in [-0.05, 0) is 56.5 Å². The number of likely N-dealkylation sites (tertiary alicyclic amines) is 2. The molecule has 1 aromatic rings. The Bertz CT molecular complexity index is 614. The highest BCUT2D eigenvalue weighted by Crippen LogP contribution is 2.27. The number of carboxylic acids is 1.